The minimum absolute atomic E-state index is 0.0105. The average molecular weight is 337 g/mol. The Morgan fingerprint density at radius 2 is 2.10 bits per heavy atom. The normalized spacial score (nSPS) is 20.6. The Bertz CT molecular complexity index is 619. The molecule has 1 heterocycles. The molecule has 8 heteroatoms. The molecule has 1 fully saturated rings. The Hall–Kier alpha value is -0.980. The van der Waals surface area contributed by atoms with Crippen molar-refractivity contribution in [2.24, 2.45) is 0 Å². The Morgan fingerprint density at radius 1 is 1.35 bits per heavy atom. The third-order valence-corrected chi connectivity index (χ3v) is 5.58. The molecular formula is C12H14Cl2N2O3S. The largest absolute Gasteiger partial charge is 0.375 e. The van der Waals surface area contributed by atoms with Gasteiger partial charge in [0.25, 0.3) is 0 Å². The van der Waals surface area contributed by atoms with Gasteiger partial charge in [-0.15, -0.1) is 0 Å². The summed E-state index contributed by atoms with van der Waals surface area (Å²) in [4.78, 5) is 11.7. The average Bonchev–Trinajstić information content (AvgIpc) is 2.70. The lowest BCUT2D eigenvalue weighted by atomic mass is 10.2. The van der Waals surface area contributed by atoms with Crippen LogP contribution in [0.5, 0.6) is 0 Å². The van der Waals surface area contributed by atoms with Gasteiger partial charge in [0, 0.05) is 6.04 Å². The number of hydrogen-bond donors (Lipinski definition) is 2. The zero-order chi connectivity index (χ0) is 14.8. The Morgan fingerprint density at radius 3 is 2.75 bits per heavy atom. The molecule has 5 nitrogen and oxygen atoms in total. The number of anilines is 1. The van der Waals surface area contributed by atoms with Gasteiger partial charge in [-0.2, -0.15) is 0 Å². The van der Waals surface area contributed by atoms with Crippen LogP contribution < -0.4 is 10.6 Å². The van der Waals surface area contributed by atoms with E-state index in [0.717, 1.165) is 0 Å². The van der Waals surface area contributed by atoms with E-state index < -0.39 is 9.84 Å². The quantitative estimate of drug-likeness (QED) is 0.877. The van der Waals surface area contributed by atoms with Gasteiger partial charge in [0.1, 0.15) is 0 Å². The lowest BCUT2D eigenvalue weighted by Gasteiger charge is -2.13. The molecule has 0 bridgehead atoms. The van der Waals surface area contributed by atoms with Crippen LogP contribution >= 0.6 is 23.2 Å². The molecule has 0 spiro atoms. The molecule has 0 radical (unpaired) electrons. The fraction of sp³-hybridized carbons (Fsp3) is 0.417. The molecule has 0 aromatic heterocycles. The van der Waals surface area contributed by atoms with Crippen molar-refractivity contribution >= 4 is 44.6 Å². The number of carbonyl (C=O) groups excluding carboxylic acids is 1. The second kappa shape index (κ2) is 6.20. The number of rotatable bonds is 4. The number of sulfone groups is 1. The molecule has 1 aromatic rings. The van der Waals surface area contributed by atoms with Crippen LogP contribution in [0.4, 0.5) is 5.69 Å². The smallest absolute Gasteiger partial charge is 0.239 e. The van der Waals surface area contributed by atoms with E-state index >= 15 is 0 Å². The summed E-state index contributed by atoms with van der Waals surface area (Å²) in [7, 11) is -2.99. The molecule has 1 aliphatic rings. The number of nitrogens with one attached hydrogen (secondary N) is 2. The van der Waals surface area contributed by atoms with E-state index in [-0.39, 0.29) is 30.0 Å². The predicted molar refractivity (Wildman–Crippen MR) is 80.2 cm³/mol. The van der Waals surface area contributed by atoms with E-state index in [1.165, 1.54) is 0 Å². The van der Waals surface area contributed by atoms with E-state index in [2.05, 4.69) is 10.6 Å². The molecule has 20 heavy (non-hydrogen) atoms. The molecular weight excluding hydrogens is 323 g/mol. The van der Waals surface area contributed by atoms with Gasteiger partial charge in [0.05, 0.1) is 33.8 Å². The van der Waals surface area contributed by atoms with Crippen LogP contribution in [0.3, 0.4) is 0 Å². The monoisotopic (exact) mass is 336 g/mol. The maximum Gasteiger partial charge on any atom is 0.239 e. The third kappa shape index (κ3) is 4.01. The summed E-state index contributed by atoms with van der Waals surface area (Å²) in [5, 5.41) is 6.31. The van der Waals surface area contributed by atoms with Crippen molar-refractivity contribution in [3.63, 3.8) is 0 Å². The number of carbonyl (C=O) groups is 1. The third-order valence-electron chi connectivity index (χ3n) is 2.99. The first-order valence-corrected chi connectivity index (χ1v) is 8.63. The zero-order valence-electron chi connectivity index (χ0n) is 10.5. The Balaban J connectivity index is 1.85. The van der Waals surface area contributed by atoms with Crippen molar-refractivity contribution in [1.82, 2.24) is 5.32 Å². The summed E-state index contributed by atoms with van der Waals surface area (Å²) in [6.45, 7) is 0.0105. The van der Waals surface area contributed by atoms with Gasteiger partial charge in [-0.1, -0.05) is 29.3 Å². The van der Waals surface area contributed by atoms with Crippen LogP contribution in [0.15, 0.2) is 18.2 Å². The van der Waals surface area contributed by atoms with Crippen LogP contribution in [0, 0.1) is 0 Å². The fourth-order valence-electron chi connectivity index (χ4n) is 2.00. The maximum absolute atomic E-state index is 11.7. The van der Waals surface area contributed by atoms with Crippen molar-refractivity contribution in [3.05, 3.63) is 28.2 Å². The highest BCUT2D eigenvalue weighted by Gasteiger charge is 2.28. The topological polar surface area (TPSA) is 75.3 Å². The molecule has 1 aliphatic heterocycles. The van der Waals surface area contributed by atoms with Crippen molar-refractivity contribution in [2.45, 2.75) is 12.5 Å². The van der Waals surface area contributed by atoms with Crippen LogP contribution in [0.1, 0.15) is 6.42 Å². The summed E-state index contributed by atoms with van der Waals surface area (Å²) in [5.41, 5.74) is 0.563. The predicted octanol–water partition coefficient (Wildman–Crippen LogP) is 1.71. The van der Waals surface area contributed by atoms with Crippen LogP contribution in [-0.4, -0.2) is 38.4 Å². The van der Waals surface area contributed by atoms with E-state index in [4.69, 9.17) is 23.2 Å². The van der Waals surface area contributed by atoms with Crippen LogP contribution in [-0.2, 0) is 14.6 Å². The highest BCUT2D eigenvalue weighted by atomic mass is 35.5. The molecule has 1 saturated heterocycles. The minimum Gasteiger partial charge on any atom is -0.375 e. The summed E-state index contributed by atoms with van der Waals surface area (Å²) >= 11 is 11.8. The van der Waals surface area contributed by atoms with Gasteiger partial charge >= 0.3 is 0 Å². The van der Waals surface area contributed by atoms with E-state index in [1.807, 2.05) is 0 Å². The molecule has 1 amide bonds. The van der Waals surface area contributed by atoms with E-state index in [1.54, 1.807) is 18.2 Å². The minimum atomic E-state index is -2.99. The molecule has 1 atom stereocenters. The first-order chi connectivity index (χ1) is 9.37. The molecule has 0 aliphatic carbocycles. The zero-order valence-corrected chi connectivity index (χ0v) is 12.9. The van der Waals surface area contributed by atoms with Gasteiger partial charge in [-0.25, -0.2) is 8.42 Å². The van der Waals surface area contributed by atoms with Gasteiger partial charge < -0.3 is 10.6 Å². The maximum atomic E-state index is 11.7. The first kappa shape index (κ1) is 15.4. The van der Waals surface area contributed by atoms with Crippen molar-refractivity contribution < 1.29 is 13.2 Å². The van der Waals surface area contributed by atoms with Gasteiger partial charge in [-0.3, -0.25) is 4.79 Å². The molecule has 1 aromatic carbocycles. The highest BCUT2D eigenvalue weighted by molar-refractivity contribution is 7.91. The second-order valence-corrected chi connectivity index (χ2v) is 7.64. The van der Waals surface area contributed by atoms with E-state index in [0.29, 0.717) is 22.2 Å². The Kier molecular flexibility index (Phi) is 4.78. The van der Waals surface area contributed by atoms with Crippen LogP contribution in [0.25, 0.3) is 0 Å². The van der Waals surface area contributed by atoms with Crippen molar-refractivity contribution in [2.75, 3.05) is 23.4 Å². The number of hydrogen-bond acceptors (Lipinski definition) is 4. The summed E-state index contributed by atoms with van der Waals surface area (Å²) in [6, 6.07) is 4.78. The lowest BCUT2D eigenvalue weighted by Crippen LogP contribution is -2.39. The van der Waals surface area contributed by atoms with Crippen molar-refractivity contribution in [1.29, 1.82) is 0 Å². The lowest BCUT2D eigenvalue weighted by molar-refractivity contribution is -0.119. The van der Waals surface area contributed by atoms with E-state index in [9.17, 15) is 13.2 Å². The molecule has 2 rings (SSSR count). The number of amides is 1. The fourth-order valence-corrected chi connectivity index (χ4v) is 4.04. The van der Waals surface area contributed by atoms with Gasteiger partial charge in [0.15, 0.2) is 9.84 Å². The molecule has 0 saturated carbocycles. The summed E-state index contributed by atoms with van der Waals surface area (Å²) < 4.78 is 22.6. The molecule has 110 valence electrons. The first-order valence-electron chi connectivity index (χ1n) is 6.05. The number of benzene rings is 1. The van der Waals surface area contributed by atoms with Gasteiger partial charge in [-0.05, 0) is 18.6 Å². The standard InChI is InChI=1S/C12H14Cl2N2O3S/c13-9-2-1-3-10(12(9)14)15-6-11(17)16-8-4-5-20(18,19)7-8/h1-3,8,15H,4-7H2,(H,16,17)/t8-/m1/s1. The summed E-state index contributed by atoms with van der Waals surface area (Å²) in [6.07, 6.45) is 0.464. The SMILES string of the molecule is O=C(CNc1cccc(Cl)c1Cl)N[C@@H]1CCS(=O)(=O)C1. The van der Waals surface area contributed by atoms with Gasteiger partial charge in [0.2, 0.25) is 5.91 Å². The molecule has 2 N–H and O–H groups in total. The van der Waals surface area contributed by atoms with Crippen molar-refractivity contribution in [3.8, 4) is 0 Å². The highest BCUT2D eigenvalue weighted by Crippen LogP contribution is 2.29. The second-order valence-electron chi connectivity index (χ2n) is 4.62. The number of halogens is 2. The van der Waals surface area contributed by atoms with Crippen LogP contribution in [0.2, 0.25) is 10.0 Å². The Labute approximate surface area is 127 Å². The summed E-state index contributed by atoms with van der Waals surface area (Å²) in [5.74, 6) is -0.134. The molecule has 0 unspecified atom stereocenters.